The molecule has 2 nitrogen and oxygen atoms in total. The van der Waals surface area contributed by atoms with Crippen LogP contribution < -0.4 is 5.32 Å². The molecule has 2 unspecified atom stereocenters. The predicted molar refractivity (Wildman–Crippen MR) is 83.9 cm³/mol. The summed E-state index contributed by atoms with van der Waals surface area (Å²) in [7, 11) is 2.06. The number of halogens is 1. The number of benzene rings is 1. The van der Waals surface area contributed by atoms with Crippen LogP contribution in [-0.4, -0.2) is 25.8 Å². The summed E-state index contributed by atoms with van der Waals surface area (Å²) >= 11 is 2.35. The van der Waals surface area contributed by atoms with E-state index in [4.69, 9.17) is 4.74 Å². The van der Waals surface area contributed by atoms with Gasteiger partial charge in [-0.1, -0.05) is 12.1 Å². The van der Waals surface area contributed by atoms with Crippen molar-refractivity contribution in [1.29, 1.82) is 0 Å². The molecular weight excluding hydrogens is 337 g/mol. The third-order valence-corrected chi connectivity index (χ3v) is 4.34. The van der Waals surface area contributed by atoms with Crippen LogP contribution in [0.5, 0.6) is 0 Å². The van der Waals surface area contributed by atoms with Crippen molar-refractivity contribution in [2.24, 2.45) is 0 Å². The molecule has 3 heteroatoms. The number of hydrogen-bond acceptors (Lipinski definition) is 2. The number of likely N-dealkylation sites (N-methyl/N-ethyl adjacent to an activating group) is 1. The van der Waals surface area contributed by atoms with E-state index in [0.29, 0.717) is 12.1 Å². The average molecular weight is 359 g/mol. The minimum atomic E-state index is 0.458. The normalized spacial score (nSPS) is 21.8. The highest BCUT2D eigenvalue weighted by Crippen LogP contribution is 2.19. The SMILES string of the molecule is CNC(Cc1ccc(I)cc1)CC1CCCCO1. The highest BCUT2D eigenvalue weighted by molar-refractivity contribution is 14.1. The molecule has 0 saturated carbocycles. The van der Waals surface area contributed by atoms with Crippen LogP contribution in [0.3, 0.4) is 0 Å². The molecule has 0 spiro atoms. The Bertz CT molecular complexity index is 346. The Kier molecular flexibility index (Phi) is 5.92. The minimum absolute atomic E-state index is 0.458. The van der Waals surface area contributed by atoms with Gasteiger partial charge in [-0.3, -0.25) is 0 Å². The maximum Gasteiger partial charge on any atom is 0.0590 e. The molecule has 1 aliphatic rings. The Morgan fingerprint density at radius 1 is 1.33 bits per heavy atom. The lowest BCUT2D eigenvalue weighted by molar-refractivity contribution is 0.00569. The van der Waals surface area contributed by atoms with Crippen LogP contribution in [0.4, 0.5) is 0 Å². The first-order valence-corrected chi connectivity index (χ1v) is 7.89. The molecule has 18 heavy (non-hydrogen) atoms. The lowest BCUT2D eigenvalue weighted by Gasteiger charge is -2.27. The van der Waals surface area contributed by atoms with Gasteiger partial charge in [0.1, 0.15) is 0 Å². The number of nitrogens with one attached hydrogen (secondary N) is 1. The Morgan fingerprint density at radius 3 is 2.72 bits per heavy atom. The topological polar surface area (TPSA) is 21.3 Å². The van der Waals surface area contributed by atoms with E-state index in [1.807, 2.05) is 0 Å². The fourth-order valence-corrected chi connectivity index (χ4v) is 2.88. The summed E-state index contributed by atoms with van der Waals surface area (Å²) in [5, 5.41) is 3.43. The second-order valence-electron chi connectivity index (χ2n) is 5.04. The largest absolute Gasteiger partial charge is 0.378 e. The van der Waals surface area contributed by atoms with E-state index in [1.54, 1.807) is 0 Å². The summed E-state index contributed by atoms with van der Waals surface area (Å²) in [6.45, 7) is 0.949. The van der Waals surface area contributed by atoms with Crippen molar-refractivity contribution < 1.29 is 4.74 Å². The van der Waals surface area contributed by atoms with Gasteiger partial charge in [0, 0.05) is 16.2 Å². The monoisotopic (exact) mass is 359 g/mol. The van der Waals surface area contributed by atoms with Gasteiger partial charge < -0.3 is 10.1 Å². The zero-order chi connectivity index (χ0) is 12.8. The first-order chi connectivity index (χ1) is 8.78. The van der Waals surface area contributed by atoms with Gasteiger partial charge in [-0.05, 0) is 79.4 Å². The highest BCUT2D eigenvalue weighted by Gasteiger charge is 2.18. The predicted octanol–water partition coefficient (Wildman–Crippen LogP) is 3.38. The summed E-state index contributed by atoms with van der Waals surface area (Å²) < 4.78 is 7.12. The van der Waals surface area contributed by atoms with E-state index in [-0.39, 0.29) is 0 Å². The first kappa shape index (κ1) is 14.3. The summed E-state index contributed by atoms with van der Waals surface area (Å²) in [5.41, 5.74) is 1.41. The van der Waals surface area contributed by atoms with Crippen LogP contribution in [0.15, 0.2) is 24.3 Å². The molecule has 1 aliphatic heterocycles. The number of hydrogen-bond donors (Lipinski definition) is 1. The zero-order valence-electron chi connectivity index (χ0n) is 11.0. The van der Waals surface area contributed by atoms with Gasteiger partial charge in [0.05, 0.1) is 6.10 Å². The molecule has 1 aromatic carbocycles. The lowest BCUT2D eigenvalue weighted by atomic mass is 9.97. The zero-order valence-corrected chi connectivity index (χ0v) is 13.2. The second kappa shape index (κ2) is 7.46. The van der Waals surface area contributed by atoms with Crippen LogP contribution in [0.2, 0.25) is 0 Å². The van der Waals surface area contributed by atoms with Gasteiger partial charge in [0.15, 0.2) is 0 Å². The minimum Gasteiger partial charge on any atom is -0.378 e. The summed E-state index contributed by atoms with van der Waals surface area (Å²) in [6, 6.07) is 9.34. The molecule has 0 bridgehead atoms. The van der Waals surface area contributed by atoms with E-state index >= 15 is 0 Å². The Labute approximate surface area is 124 Å². The van der Waals surface area contributed by atoms with Gasteiger partial charge >= 0.3 is 0 Å². The van der Waals surface area contributed by atoms with Crippen LogP contribution in [0, 0.1) is 3.57 Å². The number of ether oxygens (including phenoxy) is 1. The quantitative estimate of drug-likeness (QED) is 0.814. The fraction of sp³-hybridized carbons (Fsp3) is 0.600. The summed E-state index contributed by atoms with van der Waals surface area (Å²) in [4.78, 5) is 0. The van der Waals surface area contributed by atoms with Crippen molar-refractivity contribution in [1.82, 2.24) is 5.32 Å². The molecule has 1 N–H and O–H groups in total. The third kappa shape index (κ3) is 4.52. The van der Waals surface area contributed by atoms with Gasteiger partial charge in [0.2, 0.25) is 0 Å². The van der Waals surface area contributed by atoms with Gasteiger partial charge in [-0.25, -0.2) is 0 Å². The van der Waals surface area contributed by atoms with E-state index in [1.165, 1.54) is 28.4 Å². The Balaban J connectivity index is 1.86. The van der Waals surface area contributed by atoms with Gasteiger partial charge in [0.25, 0.3) is 0 Å². The maximum absolute atomic E-state index is 5.83. The van der Waals surface area contributed by atoms with Crippen LogP contribution in [0.1, 0.15) is 31.2 Å². The smallest absolute Gasteiger partial charge is 0.0590 e. The highest BCUT2D eigenvalue weighted by atomic mass is 127. The van der Waals surface area contributed by atoms with Crippen LogP contribution in [-0.2, 0) is 11.2 Å². The van der Waals surface area contributed by atoms with Crippen molar-refractivity contribution in [3.63, 3.8) is 0 Å². The third-order valence-electron chi connectivity index (χ3n) is 3.63. The Hall–Kier alpha value is -0.130. The molecule has 100 valence electrons. The van der Waals surface area contributed by atoms with Crippen molar-refractivity contribution in [2.45, 2.75) is 44.2 Å². The van der Waals surface area contributed by atoms with E-state index in [9.17, 15) is 0 Å². The second-order valence-corrected chi connectivity index (χ2v) is 6.29. The van der Waals surface area contributed by atoms with Crippen molar-refractivity contribution in [2.75, 3.05) is 13.7 Å². The molecule has 1 saturated heterocycles. The summed E-state index contributed by atoms with van der Waals surface area (Å²) in [6.07, 6.45) is 6.46. The fourth-order valence-electron chi connectivity index (χ4n) is 2.52. The van der Waals surface area contributed by atoms with E-state index in [2.05, 4.69) is 59.2 Å². The molecule has 1 heterocycles. The molecular formula is C15H22INO. The van der Waals surface area contributed by atoms with Gasteiger partial charge in [-0.2, -0.15) is 0 Å². The number of rotatable bonds is 5. The average Bonchev–Trinajstić information content (AvgIpc) is 2.41. The van der Waals surface area contributed by atoms with Gasteiger partial charge in [-0.15, -0.1) is 0 Å². The molecule has 2 atom stereocenters. The molecule has 0 aliphatic carbocycles. The maximum atomic E-state index is 5.83. The van der Waals surface area contributed by atoms with Crippen LogP contribution >= 0.6 is 22.6 Å². The van der Waals surface area contributed by atoms with E-state index < -0.39 is 0 Å². The van der Waals surface area contributed by atoms with E-state index in [0.717, 1.165) is 19.4 Å². The van der Waals surface area contributed by atoms with Crippen molar-refractivity contribution in [3.8, 4) is 0 Å². The van der Waals surface area contributed by atoms with Crippen molar-refractivity contribution in [3.05, 3.63) is 33.4 Å². The molecule has 0 amide bonds. The molecule has 1 fully saturated rings. The molecule has 2 rings (SSSR count). The first-order valence-electron chi connectivity index (χ1n) is 6.81. The molecule has 0 aromatic heterocycles. The van der Waals surface area contributed by atoms with Crippen molar-refractivity contribution >= 4 is 22.6 Å². The Morgan fingerprint density at radius 2 is 2.11 bits per heavy atom. The molecule has 0 radical (unpaired) electrons. The lowest BCUT2D eigenvalue weighted by Crippen LogP contribution is -2.34. The standard InChI is InChI=1S/C15H22INO/c1-17-14(11-15-4-2-3-9-18-15)10-12-5-7-13(16)8-6-12/h5-8,14-15,17H,2-4,9-11H2,1H3. The molecule has 1 aromatic rings. The van der Waals surface area contributed by atoms with Crippen LogP contribution in [0.25, 0.3) is 0 Å². The summed E-state index contributed by atoms with van der Waals surface area (Å²) in [5.74, 6) is 0.